The van der Waals surface area contributed by atoms with Crippen LogP contribution < -0.4 is 5.48 Å². The molecular formula is C15H11BrFNO. The summed E-state index contributed by atoms with van der Waals surface area (Å²) in [6.07, 6.45) is 1.84. The van der Waals surface area contributed by atoms with Crippen LogP contribution in [-0.2, 0) is 4.84 Å². The van der Waals surface area contributed by atoms with Crippen molar-refractivity contribution < 1.29 is 9.23 Å². The second-order valence-corrected chi connectivity index (χ2v) is 5.20. The molecule has 0 saturated heterocycles. The first-order valence-electron chi connectivity index (χ1n) is 5.87. The van der Waals surface area contributed by atoms with E-state index in [1.807, 2.05) is 30.3 Å². The predicted octanol–water partition coefficient (Wildman–Crippen LogP) is 4.21. The van der Waals surface area contributed by atoms with Crippen molar-refractivity contribution in [1.29, 1.82) is 0 Å². The molecule has 0 amide bonds. The third-order valence-corrected chi connectivity index (χ3v) is 3.44. The first-order valence-corrected chi connectivity index (χ1v) is 6.66. The lowest BCUT2D eigenvalue weighted by Crippen LogP contribution is -2.07. The smallest absolute Gasteiger partial charge is 0.131 e. The van der Waals surface area contributed by atoms with Crippen LogP contribution in [0.1, 0.15) is 17.2 Å². The Bertz CT molecular complexity index is 624. The van der Waals surface area contributed by atoms with Gasteiger partial charge in [-0.05, 0) is 53.6 Å². The fraction of sp³-hybridized carbons (Fsp3) is 0.0667. The summed E-state index contributed by atoms with van der Waals surface area (Å²) in [5.41, 5.74) is 5.69. The molecule has 2 aromatic rings. The van der Waals surface area contributed by atoms with Gasteiger partial charge in [-0.2, -0.15) is 0 Å². The van der Waals surface area contributed by atoms with Gasteiger partial charge >= 0.3 is 0 Å². The lowest BCUT2D eigenvalue weighted by molar-refractivity contribution is 0.0511. The standard InChI is InChI=1S/C15H11BrFNO/c16-12-3-1-2-11(8-12)15-9-14(18-19-15)10-4-6-13(17)7-5-10/h1-9,15,18H. The van der Waals surface area contributed by atoms with Crippen LogP contribution in [-0.4, -0.2) is 0 Å². The Hall–Kier alpha value is -1.65. The van der Waals surface area contributed by atoms with E-state index in [1.54, 1.807) is 12.1 Å². The summed E-state index contributed by atoms with van der Waals surface area (Å²) in [7, 11) is 0. The van der Waals surface area contributed by atoms with Gasteiger partial charge in [0.15, 0.2) is 0 Å². The molecule has 4 heteroatoms. The van der Waals surface area contributed by atoms with E-state index in [-0.39, 0.29) is 11.9 Å². The summed E-state index contributed by atoms with van der Waals surface area (Å²) in [5.74, 6) is -0.244. The topological polar surface area (TPSA) is 21.3 Å². The number of halogens is 2. The van der Waals surface area contributed by atoms with E-state index in [1.165, 1.54) is 12.1 Å². The van der Waals surface area contributed by atoms with Crippen molar-refractivity contribution in [2.75, 3.05) is 0 Å². The van der Waals surface area contributed by atoms with Crippen molar-refractivity contribution in [3.8, 4) is 0 Å². The van der Waals surface area contributed by atoms with Crippen LogP contribution in [0.15, 0.2) is 59.1 Å². The van der Waals surface area contributed by atoms with Crippen LogP contribution in [0.25, 0.3) is 5.70 Å². The Morgan fingerprint density at radius 2 is 1.89 bits per heavy atom. The molecule has 1 aliphatic heterocycles. The van der Waals surface area contributed by atoms with E-state index in [9.17, 15) is 4.39 Å². The summed E-state index contributed by atoms with van der Waals surface area (Å²) in [4.78, 5) is 5.53. The summed E-state index contributed by atoms with van der Waals surface area (Å²) < 4.78 is 13.9. The van der Waals surface area contributed by atoms with Gasteiger partial charge in [-0.15, -0.1) is 0 Å². The molecule has 0 aliphatic carbocycles. The van der Waals surface area contributed by atoms with Crippen LogP contribution in [0.5, 0.6) is 0 Å². The quantitative estimate of drug-likeness (QED) is 0.895. The molecule has 1 N–H and O–H groups in total. The number of hydrogen-bond acceptors (Lipinski definition) is 2. The second-order valence-electron chi connectivity index (χ2n) is 4.28. The highest BCUT2D eigenvalue weighted by molar-refractivity contribution is 9.10. The Morgan fingerprint density at radius 3 is 2.63 bits per heavy atom. The molecule has 1 heterocycles. The van der Waals surface area contributed by atoms with Gasteiger partial charge in [0, 0.05) is 4.47 Å². The highest BCUT2D eigenvalue weighted by atomic mass is 79.9. The normalized spacial score (nSPS) is 18.0. The summed E-state index contributed by atoms with van der Waals surface area (Å²) in [6.45, 7) is 0. The maximum atomic E-state index is 12.9. The molecule has 0 radical (unpaired) electrons. The third-order valence-electron chi connectivity index (χ3n) is 2.95. The average Bonchev–Trinajstić information content (AvgIpc) is 2.89. The fourth-order valence-electron chi connectivity index (χ4n) is 1.98. The fourth-order valence-corrected chi connectivity index (χ4v) is 2.40. The molecule has 0 aromatic heterocycles. The molecule has 0 saturated carbocycles. The van der Waals surface area contributed by atoms with Crippen molar-refractivity contribution in [3.05, 3.63) is 76.0 Å². The second kappa shape index (κ2) is 5.15. The van der Waals surface area contributed by atoms with Gasteiger partial charge in [-0.25, -0.2) is 4.39 Å². The van der Waals surface area contributed by atoms with E-state index in [0.717, 1.165) is 21.3 Å². The molecule has 2 aromatic carbocycles. The summed E-state index contributed by atoms with van der Waals surface area (Å²) >= 11 is 3.44. The SMILES string of the molecule is Fc1ccc(C2=CC(c3cccc(Br)c3)ON2)cc1. The molecule has 2 nitrogen and oxygen atoms in total. The first kappa shape index (κ1) is 12.4. The van der Waals surface area contributed by atoms with Gasteiger partial charge in [-0.1, -0.05) is 28.1 Å². The minimum absolute atomic E-state index is 0.141. The average molecular weight is 320 g/mol. The van der Waals surface area contributed by atoms with Gasteiger partial charge in [-0.3, -0.25) is 10.3 Å². The molecule has 0 bridgehead atoms. The molecule has 19 heavy (non-hydrogen) atoms. The van der Waals surface area contributed by atoms with Crippen molar-refractivity contribution in [3.63, 3.8) is 0 Å². The minimum atomic E-state index is -0.244. The number of benzene rings is 2. The van der Waals surface area contributed by atoms with Crippen LogP contribution in [0.3, 0.4) is 0 Å². The number of nitrogens with one attached hydrogen (secondary N) is 1. The molecule has 1 unspecified atom stereocenters. The Kier molecular flexibility index (Phi) is 3.36. The van der Waals surface area contributed by atoms with Crippen molar-refractivity contribution in [1.82, 2.24) is 5.48 Å². The van der Waals surface area contributed by atoms with E-state index >= 15 is 0 Å². The van der Waals surface area contributed by atoms with Gasteiger partial charge in [0.05, 0.1) is 5.70 Å². The zero-order valence-corrected chi connectivity index (χ0v) is 11.5. The molecule has 0 fully saturated rings. The molecule has 3 rings (SSSR count). The lowest BCUT2D eigenvalue weighted by atomic mass is 10.1. The number of hydroxylamine groups is 1. The highest BCUT2D eigenvalue weighted by Crippen LogP contribution is 2.29. The number of hydrogen-bond donors (Lipinski definition) is 1. The molecular weight excluding hydrogens is 309 g/mol. The van der Waals surface area contributed by atoms with E-state index < -0.39 is 0 Å². The number of rotatable bonds is 2. The van der Waals surface area contributed by atoms with Gasteiger partial charge in [0.2, 0.25) is 0 Å². The Morgan fingerprint density at radius 1 is 1.11 bits per heavy atom. The zero-order valence-electron chi connectivity index (χ0n) is 9.94. The predicted molar refractivity (Wildman–Crippen MR) is 75.5 cm³/mol. The first-order chi connectivity index (χ1) is 9.22. The Labute approximate surface area is 119 Å². The van der Waals surface area contributed by atoms with Gasteiger partial charge in [0.25, 0.3) is 0 Å². The van der Waals surface area contributed by atoms with Crippen molar-refractivity contribution in [2.24, 2.45) is 0 Å². The molecule has 1 aliphatic rings. The van der Waals surface area contributed by atoms with E-state index in [0.29, 0.717) is 0 Å². The van der Waals surface area contributed by atoms with Crippen molar-refractivity contribution >= 4 is 21.6 Å². The van der Waals surface area contributed by atoms with Gasteiger partial charge in [0.1, 0.15) is 11.9 Å². The van der Waals surface area contributed by atoms with Crippen LogP contribution in [0.2, 0.25) is 0 Å². The molecule has 1 atom stereocenters. The van der Waals surface area contributed by atoms with E-state index in [2.05, 4.69) is 21.4 Å². The van der Waals surface area contributed by atoms with Crippen molar-refractivity contribution in [2.45, 2.75) is 6.10 Å². The van der Waals surface area contributed by atoms with Gasteiger partial charge < -0.3 is 0 Å². The maximum Gasteiger partial charge on any atom is 0.131 e. The monoisotopic (exact) mass is 319 g/mol. The van der Waals surface area contributed by atoms with E-state index in [4.69, 9.17) is 4.84 Å². The van der Waals surface area contributed by atoms with Crippen LogP contribution in [0, 0.1) is 5.82 Å². The zero-order chi connectivity index (χ0) is 13.2. The minimum Gasteiger partial charge on any atom is -0.266 e. The summed E-state index contributed by atoms with van der Waals surface area (Å²) in [5, 5.41) is 0. The highest BCUT2D eigenvalue weighted by Gasteiger charge is 2.19. The maximum absolute atomic E-state index is 12.9. The lowest BCUT2D eigenvalue weighted by Gasteiger charge is -2.07. The van der Waals surface area contributed by atoms with Crippen LogP contribution >= 0.6 is 15.9 Å². The third kappa shape index (κ3) is 2.69. The largest absolute Gasteiger partial charge is 0.266 e. The summed E-state index contributed by atoms with van der Waals surface area (Å²) in [6, 6.07) is 14.3. The molecule has 0 spiro atoms. The van der Waals surface area contributed by atoms with Crippen LogP contribution in [0.4, 0.5) is 4.39 Å². The Balaban J connectivity index is 1.87. The molecule has 96 valence electrons.